The Labute approximate surface area is 103 Å². The molecule has 1 heterocycles. The van der Waals surface area contributed by atoms with Crippen molar-refractivity contribution >= 4 is 0 Å². The molecule has 0 aliphatic rings. The highest BCUT2D eigenvalue weighted by atomic mass is 15.3. The second kappa shape index (κ2) is 5.17. The molecule has 2 rings (SSSR count). The van der Waals surface area contributed by atoms with Crippen LogP contribution in [0.2, 0.25) is 0 Å². The number of rotatable bonds is 4. The first-order valence-corrected chi connectivity index (χ1v) is 6.33. The summed E-state index contributed by atoms with van der Waals surface area (Å²) in [6, 6.07) is 8.72. The predicted molar refractivity (Wildman–Crippen MR) is 71.7 cm³/mol. The summed E-state index contributed by atoms with van der Waals surface area (Å²) >= 11 is 0. The molecule has 0 saturated carbocycles. The molecular weight excluding hydrogens is 208 g/mol. The molecule has 0 aliphatic heterocycles. The molecule has 0 aliphatic carbocycles. The monoisotopic (exact) mass is 228 g/mol. The largest absolute Gasteiger partial charge is 0.240 e. The smallest absolute Gasteiger partial charge is 0.0677 e. The minimum atomic E-state index is 1.06. The predicted octanol–water partition coefficient (Wildman–Crippen LogP) is 3.83. The van der Waals surface area contributed by atoms with E-state index in [0.29, 0.717) is 0 Å². The number of aryl methyl sites for hydroxylation is 3. The molecule has 0 N–H and O–H groups in total. The number of hydrogen-bond acceptors (Lipinski definition) is 1. The van der Waals surface area contributed by atoms with Gasteiger partial charge in [-0.1, -0.05) is 25.5 Å². The van der Waals surface area contributed by atoms with Crippen molar-refractivity contribution in [3.05, 3.63) is 47.3 Å². The van der Waals surface area contributed by atoms with Gasteiger partial charge in [-0.2, -0.15) is 5.10 Å². The van der Waals surface area contributed by atoms with E-state index in [9.17, 15) is 0 Å². The molecule has 0 atom stereocenters. The molecule has 2 aromatic rings. The zero-order valence-corrected chi connectivity index (χ0v) is 10.9. The van der Waals surface area contributed by atoms with E-state index >= 15 is 0 Å². The molecule has 1 aromatic carbocycles. The van der Waals surface area contributed by atoms with Crippen molar-refractivity contribution in [2.75, 3.05) is 0 Å². The van der Waals surface area contributed by atoms with Crippen LogP contribution < -0.4 is 0 Å². The van der Waals surface area contributed by atoms with Crippen molar-refractivity contribution in [2.45, 2.75) is 40.0 Å². The Hall–Kier alpha value is -1.57. The van der Waals surface area contributed by atoms with Gasteiger partial charge in [-0.05, 0) is 49.9 Å². The van der Waals surface area contributed by atoms with Crippen molar-refractivity contribution in [3.63, 3.8) is 0 Å². The fourth-order valence-corrected chi connectivity index (χ4v) is 1.99. The first-order chi connectivity index (χ1) is 8.20. The van der Waals surface area contributed by atoms with Crippen LogP contribution in [0.5, 0.6) is 0 Å². The fourth-order valence-electron chi connectivity index (χ4n) is 1.99. The standard InChI is InChI=1S/C15H20N2/c1-4-5-6-14-8-7-12(2)15(11-14)17-10-9-13(3)16-17/h7-11H,4-6H2,1-3H3. The molecule has 0 spiro atoms. The number of nitrogens with zero attached hydrogens (tertiary/aromatic N) is 2. The number of benzene rings is 1. The van der Waals surface area contributed by atoms with E-state index in [1.165, 1.54) is 29.7 Å². The van der Waals surface area contributed by atoms with Crippen LogP contribution in [-0.2, 0) is 6.42 Å². The van der Waals surface area contributed by atoms with E-state index in [1.807, 2.05) is 23.9 Å². The Morgan fingerprint density at radius 1 is 1.18 bits per heavy atom. The van der Waals surface area contributed by atoms with Gasteiger partial charge in [0.25, 0.3) is 0 Å². The summed E-state index contributed by atoms with van der Waals surface area (Å²) in [5.41, 5.74) is 4.93. The van der Waals surface area contributed by atoms with Gasteiger partial charge in [-0.3, -0.25) is 0 Å². The summed E-state index contributed by atoms with van der Waals surface area (Å²) < 4.78 is 1.97. The Bertz CT molecular complexity index is 497. The van der Waals surface area contributed by atoms with Gasteiger partial charge in [-0.25, -0.2) is 4.68 Å². The van der Waals surface area contributed by atoms with E-state index in [1.54, 1.807) is 0 Å². The average molecular weight is 228 g/mol. The summed E-state index contributed by atoms with van der Waals surface area (Å²) in [5.74, 6) is 0. The molecular formula is C15H20N2. The second-order valence-corrected chi connectivity index (χ2v) is 4.63. The zero-order valence-electron chi connectivity index (χ0n) is 10.9. The summed E-state index contributed by atoms with van der Waals surface area (Å²) in [6.45, 7) is 6.38. The van der Waals surface area contributed by atoms with Crippen LogP contribution in [0.25, 0.3) is 5.69 Å². The first kappa shape index (κ1) is 11.9. The summed E-state index contributed by atoms with van der Waals surface area (Å²) in [4.78, 5) is 0. The van der Waals surface area contributed by atoms with Crippen LogP contribution in [0.1, 0.15) is 36.6 Å². The van der Waals surface area contributed by atoms with E-state index in [4.69, 9.17) is 0 Å². The molecule has 0 bridgehead atoms. The molecule has 90 valence electrons. The van der Waals surface area contributed by atoms with Gasteiger partial charge in [0.1, 0.15) is 0 Å². The van der Waals surface area contributed by atoms with Crippen molar-refractivity contribution < 1.29 is 0 Å². The van der Waals surface area contributed by atoms with Crippen molar-refractivity contribution in [1.82, 2.24) is 9.78 Å². The molecule has 2 nitrogen and oxygen atoms in total. The molecule has 0 unspecified atom stereocenters. The third-order valence-electron chi connectivity index (χ3n) is 3.06. The average Bonchev–Trinajstić information content (AvgIpc) is 2.75. The Balaban J connectivity index is 2.32. The minimum absolute atomic E-state index is 1.06. The van der Waals surface area contributed by atoms with Crippen LogP contribution >= 0.6 is 0 Å². The van der Waals surface area contributed by atoms with E-state index in [2.05, 4.69) is 37.1 Å². The third kappa shape index (κ3) is 2.76. The van der Waals surface area contributed by atoms with Gasteiger partial charge >= 0.3 is 0 Å². The minimum Gasteiger partial charge on any atom is -0.240 e. The van der Waals surface area contributed by atoms with Gasteiger partial charge in [0, 0.05) is 6.20 Å². The van der Waals surface area contributed by atoms with Crippen molar-refractivity contribution in [2.24, 2.45) is 0 Å². The van der Waals surface area contributed by atoms with E-state index < -0.39 is 0 Å². The molecule has 17 heavy (non-hydrogen) atoms. The summed E-state index contributed by atoms with van der Waals surface area (Å²) in [7, 11) is 0. The van der Waals surface area contributed by atoms with Gasteiger partial charge in [0.15, 0.2) is 0 Å². The van der Waals surface area contributed by atoms with Crippen LogP contribution in [0, 0.1) is 13.8 Å². The SMILES string of the molecule is CCCCc1ccc(C)c(-n2ccc(C)n2)c1. The van der Waals surface area contributed by atoms with Gasteiger partial charge in [0.05, 0.1) is 11.4 Å². The van der Waals surface area contributed by atoms with E-state index in [-0.39, 0.29) is 0 Å². The van der Waals surface area contributed by atoms with Crippen LogP contribution in [0.3, 0.4) is 0 Å². The highest BCUT2D eigenvalue weighted by Crippen LogP contribution is 2.17. The molecule has 1 aromatic heterocycles. The molecule has 0 fully saturated rings. The lowest BCUT2D eigenvalue weighted by Crippen LogP contribution is -1.99. The van der Waals surface area contributed by atoms with Crippen LogP contribution in [-0.4, -0.2) is 9.78 Å². The quantitative estimate of drug-likeness (QED) is 0.777. The maximum Gasteiger partial charge on any atom is 0.0677 e. The summed E-state index contributed by atoms with van der Waals surface area (Å²) in [6.07, 6.45) is 5.68. The van der Waals surface area contributed by atoms with Crippen LogP contribution in [0.4, 0.5) is 0 Å². The van der Waals surface area contributed by atoms with Gasteiger partial charge < -0.3 is 0 Å². The Morgan fingerprint density at radius 2 is 2.00 bits per heavy atom. The maximum atomic E-state index is 4.48. The van der Waals surface area contributed by atoms with Gasteiger partial charge in [0.2, 0.25) is 0 Å². The number of aromatic nitrogens is 2. The maximum absolute atomic E-state index is 4.48. The first-order valence-electron chi connectivity index (χ1n) is 6.33. The number of hydrogen-bond donors (Lipinski definition) is 0. The lowest BCUT2D eigenvalue weighted by atomic mass is 10.1. The topological polar surface area (TPSA) is 17.8 Å². The Kier molecular flexibility index (Phi) is 3.62. The van der Waals surface area contributed by atoms with Crippen molar-refractivity contribution in [1.29, 1.82) is 0 Å². The van der Waals surface area contributed by atoms with Crippen molar-refractivity contribution in [3.8, 4) is 5.69 Å². The van der Waals surface area contributed by atoms with Crippen LogP contribution in [0.15, 0.2) is 30.5 Å². The molecule has 0 saturated heterocycles. The van der Waals surface area contributed by atoms with Gasteiger partial charge in [-0.15, -0.1) is 0 Å². The highest BCUT2D eigenvalue weighted by Gasteiger charge is 2.04. The molecule has 0 radical (unpaired) electrons. The molecule has 2 heteroatoms. The lowest BCUT2D eigenvalue weighted by molar-refractivity contribution is 0.790. The summed E-state index contributed by atoms with van der Waals surface area (Å²) in [5, 5.41) is 4.48. The lowest BCUT2D eigenvalue weighted by Gasteiger charge is -2.08. The third-order valence-corrected chi connectivity index (χ3v) is 3.06. The molecule has 0 amide bonds. The highest BCUT2D eigenvalue weighted by molar-refractivity contribution is 5.42. The van der Waals surface area contributed by atoms with E-state index in [0.717, 1.165) is 12.1 Å². The second-order valence-electron chi connectivity index (χ2n) is 4.63. The zero-order chi connectivity index (χ0) is 12.3. The fraction of sp³-hybridized carbons (Fsp3) is 0.400. The normalized spacial score (nSPS) is 10.8. The Morgan fingerprint density at radius 3 is 2.65 bits per heavy atom. The number of unbranched alkanes of at least 4 members (excludes halogenated alkanes) is 1.